The highest BCUT2D eigenvalue weighted by Gasteiger charge is 2.05. The summed E-state index contributed by atoms with van der Waals surface area (Å²) in [5, 5.41) is 17.3. The predicted octanol–water partition coefficient (Wildman–Crippen LogP) is 2.44. The van der Waals surface area contributed by atoms with Gasteiger partial charge in [0, 0.05) is 0 Å². The molecular formula is C9H6ClFO3. The van der Waals surface area contributed by atoms with Crippen LogP contribution in [0.15, 0.2) is 24.0 Å². The molecule has 0 amide bonds. The lowest BCUT2D eigenvalue weighted by molar-refractivity contribution is -0.134. The van der Waals surface area contributed by atoms with E-state index in [1.807, 2.05) is 0 Å². The number of halogens is 2. The van der Waals surface area contributed by atoms with Crippen molar-refractivity contribution in [2.45, 2.75) is 0 Å². The molecule has 0 spiro atoms. The number of carboxylic acid groups (broad SMARTS) is 1. The Hall–Kier alpha value is -1.55. The maximum Gasteiger partial charge on any atom is 0.364 e. The van der Waals surface area contributed by atoms with Crippen LogP contribution in [0.5, 0.6) is 5.75 Å². The molecule has 5 heteroatoms. The molecule has 0 heterocycles. The van der Waals surface area contributed by atoms with Gasteiger partial charge < -0.3 is 10.2 Å². The third kappa shape index (κ3) is 2.47. The number of phenols is 1. The molecule has 0 unspecified atom stereocenters. The summed E-state index contributed by atoms with van der Waals surface area (Å²) in [6, 6.07) is 3.87. The fourth-order valence-corrected chi connectivity index (χ4v) is 1.01. The molecule has 0 fully saturated rings. The zero-order chi connectivity index (χ0) is 10.7. The van der Waals surface area contributed by atoms with Crippen molar-refractivity contribution >= 4 is 23.6 Å². The van der Waals surface area contributed by atoms with E-state index in [0.29, 0.717) is 0 Å². The number of aromatic hydroxyl groups is 1. The lowest BCUT2D eigenvalue weighted by Gasteiger charge is -1.97. The molecule has 0 bridgehead atoms. The SMILES string of the molecule is O=C(O)C(F)=Cc1ccc(O)c(Cl)c1. The number of hydrogen-bond donors (Lipinski definition) is 2. The molecule has 0 aliphatic heterocycles. The Labute approximate surface area is 84.1 Å². The van der Waals surface area contributed by atoms with E-state index in [1.54, 1.807) is 0 Å². The van der Waals surface area contributed by atoms with Crippen molar-refractivity contribution in [3.63, 3.8) is 0 Å². The van der Waals surface area contributed by atoms with Crippen LogP contribution in [0.4, 0.5) is 4.39 Å². The van der Waals surface area contributed by atoms with E-state index in [1.165, 1.54) is 18.2 Å². The smallest absolute Gasteiger partial charge is 0.364 e. The second-order valence-corrected chi connectivity index (χ2v) is 2.92. The number of carboxylic acids is 1. The molecule has 1 aromatic carbocycles. The standard InChI is InChI=1S/C9H6ClFO3/c10-6-3-5(1-2-8(6)12)4-7(11)9(13)14/h1-4,12H,(H,13,14). The highest BCUT2D eigenvalue weighted by Crippen LogP contribution is 2.24. The first-order chi connectivity index (χ1) is 6.50. The van der Waals surface area contributed by atoms with E-state index in [4.69, 9.17) is 21.8 Å². The third-order valence-electron chi connectivity index (χ3n) is 1.47. The molecule has 0 saturated carbocycles. The largest absolute Gasteiger partial charge is 0.506 e. The van der Waals surface area contributed by atoms with Gasteiger partial charge in [-0.2, -0.15) is 4.39 Å². The topological polar surface area (TPSA) is 57.5 Å². The molecule has 0 aromatic heterocycles. The van der Waals surface area contributed by atoms with Gasteiger partial charge in [-0.3, -0.25) is 0 Å². The van der Waals surface area contributed by atoms with Gasteiger partial charge in [0.2, 0.25) is 5.83 Å². The number of benzene rings is 1. The molecule has 0 atom stereocenters. The third-order valence-corrected chi connectivity index (χ3v) is 1.77. The monoisotopic (exact) mass is 216 g/mol. The van der Waals surface area contributed by atoms with Crippen molar-refractivity contribution in [2.75, 3.05) is 0 Å². The molecule has 3 nitrogen and oxygen atoms in total. The first-order valence-corrected chi connectivity index (χ1v) is 3.97. The van der Waals surface area contributed by atoms with E-state index in [2.05, 4.69) is 0 Å². The summed E-state index contributed by atoms with van der Waals surface area (Å²) < 4.78 is 12.6. The van der Waals surface area contributed by atoms with Gasteiger partial charge in [0.1, 0.15) is 5.75 Å². The number of aliphatic carboxylic acids is 1. The highest BCUT2D eigenvalue weighted by molar-refractivity contribution is 6.32. The molecule has 0 aliphatic carbocycles. The number of carbonyl (C=O) groups is 1. The second kappa shape index (κ2) is 4.11. The Bertz CT molecular complexity index is 401. The summed E-state index contributed by atoms with van der Waals surface area (Å²) >= 11 is 5.53. The van der Waals surface area contributed by atoms with Crippen molar-refractivity contribution in [1.29, 1.82) is 0 Å². The van der Waals surface area contributed by atoms with Crippen LogP contribution in [0.1, 0.15) is 5.56 Å². The van der Waals surface area contributed by atoms with E-state index >= 15 is 0 Å². The first kappa shape index (κ1) is 10.5. The molecular weight excluding hydrogens is 211 g/mol. The summed E-state index contributed by atoms with van der Waals surface area (Å²) in [6.45, 7) is 0. The van der Waals surface area contributed by atoms with Crippen LogP contribution in [0, 0.1) is 0 Å². The fourth-order valence-electron chi connectivity index (χ4n) is 0.821. The van der Waals surface area contributed by atoms with Crippen molar-refractivity contribution in [2.24, 2.45) is 0 Å². The Kier molecular flexibility index (Phi) is 3.09. The summed E-state index contributed by atoms with van der Waals surface area (Å²) in [4.78, 5) is 10.1. The normalized spacial score (nSPS) is 11.4. The van der Waals surface area contributed by atoms with E-state index in [9.17, 15) is 9.18 Å². The van der Waals surface area contributed by atoms with Crippen LogP contribution in [-0.4, -0.2) is 16.2 Å². The predicted molar refractivity (Wildman–Crippen MR) is 49.8 cm³/mol. The maximum absolute atomic E-state index is 12.6. The minimum atomic E-state index is -1.64. The summed E-state index contributed by atoms with van der Waals surface area (Å²) in [7, 11) is 0. The van der Waals surface area contributed by atoms with Crippen molar-refractivity contribution in [3.8, 4) is 5.75 Å². The van der Waals surface area contributed by atoms with Crippen LogP contribution in [0.25, 0.3) is 6.08 Å². The molecule has 0 radical (unpaired) electrons. The zero-order valence-electron chi connectivity index (χ0n) is 6.87. The van der Waals surface area contributed by atoms with Crippen molar-refractivity contribution < 1.29 is 19.4 Å². The molecule has 14 heavy (non-hydrogen) atoms. The number of hydrogen-bond acceptors (Lipinski definition) is 2. The average Bonchev–Trinajstić information content (AvgIpc) is 2.11. The Morgan fingerprint density at radius 3 is 2.64 bits per heavy atom. The van der Waals surface area contributed by atoms with E-state index in [0.717, 1.165) is 6.08 Å². The summed E-state index contributed by atoms with van der Waals surface area (Å²) in [6.07, 6.45) is 0.813. The lowest BCUT2D eigenvalue weighted by Crippen LogP contribution is -1.93. The molecule has 74 valence electrons. The van der Waals surface area contributed by atoms with Gasteiger partial charge in [-0.15, -0.1) is 0 Å². The first-order valence-electron chi connectivity index (χ1n) is 3.59. The van der Waals surface area contributed by atoms with Gasteiger partial charge in [-0.25, -0.2) is 4.79 Å². The van der Waals surface area contributed by atoms with Crippen LogP contribution in [0.2, 0.25) is 5.02 Å². The Morgan fingerprint density at radius 2 is 2.14 bits per heavy atom. The molecule has 1 aromatic rings. The van der Waals surface area contributed by atoms with E-state index in [-0.39, 0.29) is 16.3 Å². The molecule has 0 aliphatic rings. The lowest BCUT2D eigenvalue weighted by atomic mass is 10.2. The van der Waals surface area contributed by atoms with Gasteiger partial charge in [-0.05, 0) is 23.8 Å². The minimum Gasteiger partial charge on any atom is -0.506 e. The Morgan fingerprint density at radius 1 is 1.50 bits per heavy atom. The molecule has 0 saturated heterocycles. The van der Waals surface area contributed by atoms with Crippen LogP contribution in [-0.2, 0) is 4.79 Å². The second-order valence-electron chi connectivity index (χ2n) is 2.51. The highest BCUT2D eigenvalue weighted by atomic mass is 35.5. The Balaban J connectivity index is 3.04. The van der Waals surface area contributed by atoms with Gasteiger partial charge >= 0.3 is 5.97 Å². The van der Waals surface area contributed by atoms with Crippen LogP contribution in [0.3, 0.4) is 0 Å². The van der Waals surface area contributed by atoms with Crippen molar-refractivity contribution in [1.82, 2.24) is 0 Å². The number of rotatable bonds is 2. The average molecular weight is 217 g/mol. The summed E-state index contributed by atoms with van der Waals surface area (Å²) in [5.74, 6) is -3.07. The number of phenolic OH excluding ortho intramolecular Hbond substituents is 1. The zero-order valence-corrected chi connectivity index (χ0v) is 7.62. The maximum atomic E-state index is 12.6. The molecule has 2 N–H and O–H groups in total. The van der Waals surface area contributed by atoms with Gasteiger partial charge in [0.25, 0.3) is 0 Å². The fraction of sp³-hybridized carbons (Fsp3) is 0. The van der Waals surface area contributed by atoms with E-state index < -0.39 is 11.8 Å². The minimum absolute atomic E-state index is 0.0388. The van der Waals surface area contributed by atoms with Gasteiger partial charge in [0.15, 0.2) is 0 Å². The quantitative estimate of drug-likeness (QED) is 0.747. The molecule has 1 rings (SSSR count). The van der Waals surface area contributed by atoms with Crippen LogP contribution >= 0.6 is 11.6 Å². The van der Waals surface area contributed by atoms with Crippen molar-refractivity contribution in [3.05, 3.63) is 34.6 Å². The van der Waals surface area contributed by atoms with Gasteiger partial charge in [-0.1, -0.05) is 17.7 Å². The van der Waals surface area contributed by atoms with Crippen LogP contribution < -0.4 is 0 Å². The van der Waals surface area contributed by atoms with Gasteiger partial charge in [0.05, 0.1) is 5.02 Å². The summed E-state index contributed by atoms with van der Waals surface area (Å²) in [5.41, 5.74) is 0.271.